The van der Waals surface area contributed by atoms with E-state index in [1.54, 1.807) is 24.3 Å². The first-order valence-corrected chi connectivity index (χ1v) is 9.77. The van der Waals surface area contributed by atoms with Gasteiger partial charge in [-0.2, -0.15) is 0 Å². The maximum atomic E-state index is 12.2. The molecule has 0 aliphatic carbocycles. The molecule has 3 aromatic rings. The highest BCUT2D eigenvalue weighted by Crippen LogP contribution is 2.26. The summed E-state index contributed by atoms with van der Waals surface area (Å²) >= 11 is 1.30. The van der Waals surface area contributed by atoms with Gasteiger partial charge >= 0.3 is 0 Å². The number of nitrogens with one attached hydrogen (secondary N) is 3. The molecule has 0 saturated carbocycles. The van der Waals surface area contributed by atoms with Gasteiger partial charge in [-0.3, -0.25) is 14.4 Å². The van der Waals surface area contributed by atoms with Gasteiger partial charge in [-0.25, -0.2) is 4.98 Å². The maximum Gasteiger partial charge on any atom is 0.251 e. The molecule has 8 heteroatoms. The van der Waals surface area contributed by atoms with Crippen molar-refractivity contribution in [3.05, 3.63) is 65.0 Å². The molecular weight excluding hydrogens is 388 g/mol. The largest absolute Gasteiger partial charge is 0.343 e. The van der Waals surface area contributed by atoms with Crippen LogP contribution < -0.4 is 16.0 Å². The first-order valence-electron chi connectivity index (χ1n) is 8.89. The van der Waals surface area contributed by atoms with Crippen molar-refractivity contribution in [2.75, 3.05) is 17.2 Å². The SMILES string of the molecule is CC(=O)Nc1ccc(-c2csc(NC(=O)CNC(=O)c3ccccc3C)n2)cc1. The molecule has 0 spiro atoms. The number of hydrogen-bond acceptors (Lipinski definition) is 5. The summed E-state index contributed by atoms with van der Waals surface area (Å²) in [6.07, 6.45) is 0. The van der Waals surface area contributed by atoms with Crippen molar-refractivity contribution in [3.63, 3.8) is 0 Å². The van der Waals surface area contributed by atoms with Crippen LogP contribution >= 0.6 is 11.3 Å². The molecule has 3 N–H and O–H groups in total. The lowest BCUT2D eigenvalue weighted by Gasteiger charge is -2.07. The van der Waals surface area contributed by atoms with E-state index in [2.05, 4.69) is 20.9 Å². The predicted molar refractivity (Wildman–Crippen MR) is 114 cm³/mol. The third-order valence-electron chi connectivity index (χ3n) is 4.05. The van der Waals surface area contributed by atoms with Gasteiger partial charge in [-0.15, -0.1) is 11.3 Å². The number of carbonyl (C=O) groups excluding carboxylic acids is 3. The van der Waals surface area contributed by atoms with Crippen molar-refractivity contribution in [2.45, 2.75) is 13.8 Å². The van der Waals surface area contributed by atoms with E-state index in [4.69, 9.17) is 0 Å². The molecule has 1 aromatic heterocycles. The molecule has 0 atom stereocenters. The number of rotatable bonds is 6. The van der Waals surface area contributed by atoms with Crippen LogP contribution in [-0.4, -0.2) is 29.3 Å². The van der Waals surface area contributed by atoms with Crippen molar-refractivity contribution >= 4 is 39.9 Å². The van der Waals surface area contributed by atoms with Gasteiger partial charge in [0.05, 0.1) is 12.2 Å². The zero-order chi connectivity index (χ0) is 20.8. The molecule has 2 aromatic carbocycles. The molecule has 0 fully saturated rings. The lowest BCUT2D eigenvalue weighted by Crippen LogP contribution is -2.33. The first-order chi connectivity index (χ1) is 13.9. The summed E-state index contributed by atoms with van der Waals surface area (Å²) in [6.45, 7) is 3.15. The number of thiazole rings is 1. The molecule has 0 unspecified atom stereocenters. The van der Waals surface area contributed by atoms with Crippen molar-refractivity contribution in [3.8, 4) is 11.3 Å². The number of hydrogen-bond donors (Lipinski definition) is 3. The second-order valence-electron chi connectivity index (χ2n) is 6.34. The Hall–Kier alpha value is -3.52. The van der Waals surface area contributed by atoms with E-state index in [1.165, 1.54) is 18.3 Å². The molecule has 148 valence electrons. The fourth-order valence-electron chi connectivity index (χ4n) is 2.64. The molecule has 1 heterocycles. The highest BCUT2D eigenvalue weighted by molar-refractivity contribution is 7.14. The third kappa shape index (κ3) is 5.49. The van der Waals surface area contributed by atoms with Crippen molar-refractivity contribution in [1.82, 2.24) is 10.3 Å². The zero-order valence-corrected chi connectivity index (χ0v) is 16.8. The van der Waals surface area contributed by atoms with Gasteiger partial charge in [0.2, 0.25) is 11.8 Å². The third-order valence-corrected chi connectivity index (χ3v) is 4.81. The summed E-state index contributed by atoms with van der Waals surface area (Å²) in [6, 6.07) is 14.4. The van der Waals surface area contributed by atoms with E-state index in [-0.39, 0.29) is 24.3 Å². The minimum Gasteiger partial charge on any atom is -0.343 e. The van der Waals surface area contributed by atoms with Gasteiger partial charge in [0.1, 0.15) is 0 Å². The zero-order valence-electron chi connectivity index (χ0n) is 16.0. The topological polar surface area (TPSA) is 100 Å². The molecule has 0 bridgehead atoms. The molecule has 0 saturated heterocycles. The maximum absolute atomic E-state index is 12.2. The Morgan fingerprint density at radius 3 is 2.41 bits per heavy atom. The van der Waals surface area contributed by atoms with Crippen LogP contribution in [0.15, 0.2) is 53.9 Å². The lowest BCUT2D eigenvalue weighted by molar-refractivity contribution is -0.115. The minimum absolute atomic E-state index is 0.133. The molecule has 7 nitrogen and oxygen atoms in total. The van der Waals surface area contributed by atoms with Crippen molar-refractivity contribution < 1.29 is 14.4 Å². The van der Waals surface area contributed by atoms with E-state index < -0.39 is 0 Å². The second kappa shape index (κ2) is 9.11. The van der Waals surface area contributed by atoms with Crippen LogP contribution in [0.3, 0.4) is 0 Å². The normalized spacial score (nSPS) is 10.3. The molecule has 0 aliphatic heterocycles. The monoisotopic (exact) mass is 408 g/mol. The van der Waals surface area contributed by atoms with Crippen LogP contribution in [0, 0.1) is 6.92 Å². The Kier molecular flexibility index (Phi) is 6.36. The van der Waals surface area contributed by atoms with Crippen LogP contribution in [0.4, 0.5) is 10.8 Å². The van der Waals surface area contributed by atoms with E-state index in [1.807, 2.05) is 36.6 Å². The van der Waals surface area contributed by atoms with Crippen LogP contribution in [0.2, 0.25) is 0 Å². The second-order valence-corrected chi connectivity index (χ2v) is 7.20. The summed E-state index contributed by atoms with van der Waals surface area (Å²) < 4.78 is 0. The molecule has 3 amide bonds. The number of benzene rings is 2. The summed E-state index contributed by atoms with van der Waals surface area (Å²) in [5.74, 6) is -0.780. The Balaban J connectivity index is 1.55. The summed E-state index contributed by atoms with van der Waals surface area (Å²) in [5, 5.41) is 10.3. The number of carbonyl (C=O) groups is 3. The molecule has 29 heavy (non-hydrogen) atoms. The molecular formula is C21H20N4O3S. The highest BCUT2D eigenvalue weighted by Gasteiger charge is 2.12. The van der Waals surface area contributed by atoms with E-state index in [0.29, 0.717) is 22.1 Å². The van der Waals surface area contributed by atoms with Gasteiger partial charge in [0.25, 0.3) is 5.91 Å². The average molecular weight is 408 g/mol. The minimum atomic E-state index is -0.353. The number of aromatic nitrogens is 1. The fraction of sp³-hybridized carbons (Fsp3) is 0.143. The first kappa shape index (κ1) is 20.2. The highest BCUT2D eigenvalue weighted by atomic mass is 32.1. The summed E-state index contributed by atoms with van der Waals surface area (Å²) in [5.41, 5.74) is 3.67. The van der Waals surface area contributed by atoms with E-state index in [9.17, 15) is 14.4 Å². The van der Waals surface area contributed by atoms with Gasteiger partial charge < -0.3 is 16.0 Å². The molecule has 0 radical (unpaired) electrons. The van der Waals surface area contributed by atoms with Crippen LogP contribution in [0.25, 0.3) is 11.3 Å². The smallest absolute Gasteiger partial charge is 0.251 e. The van der Waals surface area contributed by atoms with E-state index >= 15 is 0 Å². The average Bonchev–Trinajstić information content (AvgIpc) is 3.15. The van der Waals surface area contributed by atoms with Gasteiger partial charge in [0.15, 0.2) is 5.13 Å². The van der Waals surface area contributed by atoms with Gasteiger partial charge in [0, 0.05) is 29.1 Å². The molecule has 0 aliphatic rings. The quantitative estimate of drug-likeness (QED) is 0.582. The Morgan fingerprint density at radius 1 is 1.00 bits per heavy atom. The Morgan fingerprint density at radius 2 is 1.72 bits per heavy atom. The lowest BCUT2D eigenvalue weighted by atomic mass is 10.1. The summed E-state index contributed by atoms with van der Waals surface area (Å²) in [4.78, 5) is 39.8. The Labute approximate surface area is 172 Å². The summed E-state index contributed by atoms with van der Waals surface area (Å²) in [7, 11) is 0. The predicted octanol–water partition coefficient (Wildman–Crippen LogP) is 3.45. The fourth-order valence-corrected chi connectivity index (χ4v) is 3.37. The van der Waals surface area contributed by atoms with Crippen LogP contribution in [0.1, 0.15) is 22.8 Å². The standard InChI is InChI=1S/C21H20N4O3S/c1-13-5-3-4-6-17(13)20(28)22-11-19(27)25-21-24-18(12-29-21)15-7-9-16(10-8-15)23-14(2)26/h3-10,12H,11H2,1-2H3,(H,22,28)(H,23,26)(H,24,25,27). The van der Waals surface area contributed by atoms with Crippen molar-refractivity contribution in [1.29, 1.82) is 0 Å². The van der Waals surface area contributed by atoms with Gasteiger partial charge in [-0.05, 0) is 30.7 Å². The van der Waals surface area contributed by atoms with E-state index in [0.717, 1.165) is 11.1 Å². The van der Waals surface area contributed by atoms with Crippen LogP contribution in [0.5, 0.6) is 0 Å². The number of nitrogens with zero attached hydrogens (tertiary/aromatic N) is 1. The van der Waals surface area contributed by atoms with Gasteiger partial charge in [-0.1, -0.05) is 30.3 Å². The number of anilines is 2. The number of amides is 3. The van der Waals surface area contributed by atoms with Crippen LogP contribution in [-0.2, 0) is 9.59 Å². The molecule has 3 rings (SSSR count). The Bertz CT molecular complexity index is 1040. The number of aryl methyl sites for hydroxylation is 1. The van der Waals surface area contributed by atoms with Crippen molar-refractivity contribution in [2.24, 2.45) is 0 Å².